The normalized spacial score (nSPS) is 22.4. The van der Waals surface area contributed by atoms with Gasteiger partial charge in [-0.2, -0.15) is 0 Å². The van der Waals surface area contributed by atoms with Gasteiger partial charge in [0.25, 0.3) is 0 Å². The smallest absolute Gasteiger partial charge is 0.342 e. The minimum Gasteiger partial charge on any atom is -0.507 e. The number of esters is 1. The van der Waals surface area contributed by atoms with Gasteiger partial charge in [-0.15, -0.1) is 0 Å². The maximum Gasteiger partial charge on any atom is 0.342 e. The van der Waals surface area contributed by atoms with E-state index in [0.717, 1.165) is 28.7 Å². The van der Waals surface area contributed by atoms with Crippen molar-refractivity contribution >= 4 is 11.9 Å². The molecule has 1 aromatic carbocycles. The molecule has 0 saturated carbocycles. The van der Waals surface area contributed by atoms with Crippen LogP contribution < -0.4 is 0 Å². The molecule has 2 aliphatic rings. The number of aliphatic carboxylic acids is 1. The van der Waals surface area contributed by atoms with Gasteiger partial charge in [-0.05, 0) is 49.8 Å². The van der Waals surface area contributed by atoms with Crippen molar-refractivity contribution in [2.75, 3.05) is 6.61 Å². The van der Waals surface area contributed by atoms with Crippen molar-refractivity contribution < 1.29 is 29.3 Å². The topological polar surface area (TPSA) is 93.1 Å². The quantitative estimate of drug-likeness (QED) is 0.619. The van der Waals surface area contributed by atoms with E-state index in [4.69, 9.17) is 9.47 Å². The Kier molecular flexibility index (Phi) is 5.05. The van der Waals surface area contributed by atoms with E-state index in [2.05, 4.69) is 0 Å². The summed E-state index contributed by atoms with van der Waals surface area (Å²) >= 11 is 0. The summed E-state index contributed by atoms with van der Waals surface area (Å²) in [7, 11) is 0. The van der Waals surface area contributed by atoms with Crippen LogP contribution in [-0.4, -0.2) is 34.9 Å². The molecule has 0 aliphatic carbocycles. The highest BCUT2D eigenvalue weighted by molar-refractivity contribution is 5.97. The lowest BCUT2D eigenvalue weighted by atomic mass is 9.88. The molecule has 2 atom stereocenters. The second-order valence-electron chi connectivity index (χ2n) is 6.89. The Balaban J connectivity index is 1.95. The lowest BCUT2D eigenvalue weighted by Crippen LogP contribution is -2.25. The second-order valence-corrected chi connectivity index (χ2v) is 6.89. The fourth-order valence-electron chi connectivity index (χ4n) is 4.01. The van der Waals surface area contributed by atoms with Crippen LogP contribution in [0.15, 0.2) is 11.6 Å². The number of carboxylic acids is 1. The molecule has 1 saturated heterocycles. The first-order valence-corrected chi connectivity index (χ1v) is 8.91. The Bertz CT molecular complexity index is 792. The van der Waals surface area contributed by atoms with Crippen LogP contribution in [0.4, 0.5) is 0 Å². The predicted octanol–water partition coefficient (Wildman–Crippen LogP) is 2.91. The van der Waals surface area contributed by atoms with E-state index in [1.165, 1.54) is 0 Å². The van der Waals surface area contributed by atoms with Crippen molar-refractivity contribution in [2.45, 2.75) is 52.7 Å². The lowest BCUT2D eigenvalue weighted by molar-refractivity contribution is -0.142. The Labute approximate surface area is 152 Å². The molecule has 2 N–H and O–H groups in total. The third-order valence-corrected chi connectivity index (χ3v) is 5.49. The summed E-state index contributed by atoms with van der Waals surface area (Å²) in [6, 6.07) is 0. The first kappa shape index (κ1) is 18.5. The van der Waals surface area contributed by atoms with Crippen LogP contribution in [0.5, 0.6) is 5.75 Å². The summed E-state index contributed by atoms with van der Waals surface area (Å²) in [6.45, 7) is 6.43. The number of cyclic esters (lactones) is 1. The second kappa shape index (κ2) is 7.11. The van der Waals surface area contributed by atoms with Crippen LogP contribution in [-0.2, 0) is 33.7 Å². The van der Waals surface area contributed by atoms with Crippen molar-refractivity contribution in [3.05, 3.63) is 39.5 Å². The predicted molar refractivity (Wildman–Crippen MR) is 94.3 cm³/mol. The highest BCUT2D eigenvalue weighted by Crippen LogP contribution is 2.38. The molecule has 2 unspecified atom stereocenters. The molecule has 0 radical (unpaired) electrons. The van der Waals surface area contributed by atoms with Gasteiger partial charge in [-0.25, -0.2) is 4.79 Å². The van der Waals surface area contributed by atoms with E-state index < -0.39 is 24.0 Å². The van der Waals surface area contributed by atoms with Crippen molar-refractivity contribution in [1.29, 1.82) is 0 Å². The van der Waals surface area contributed by atoms with Gasteiger partial charge in [0.2, 0.25) is 0 Å². The Morgan fingerprint density at radius 3 is 2.73 bits per heavy atom. The molecular weight excluding hydrogens is 336 g/mol. The average Bonchev–Trinajstić information content (AvgIpc) is 3.23. The van der Waals surface area contributed by atoms with E-state index in [1.54, 1.807) is 0 Å². The Morgan fingerprint density at radius 1 is 1.35 bits per heavy atom. The molecule has 2 heterocycles. The highest BCUT2D eigenvalue weighted by Gasteiger charge is 2.35. The summed E-state index contributed by atoms with van der Waals surface area (Å²) < 4.78 is 10.7. The number of phenolic OH excluding ortho intramolecular Hbond substituents is 1. The standard InChI is InChI=1S/C20H24O6/c1-4-12-11(3)15-9-26-20(24)16(15)17(21)13(12)6-5-10(2)18-14(19(22)23)7-8-25-18/h5,14,18,21H,4,6-9H2,1-3H3,(H,22,23)/b10-5+. The number of ether oxygens (including phenoxy) is 2. The first-order valence-electron chi connectivity index (χ1n) is 8.91. The number of rotatable bonds is 5. The van der Waals surface area contributed by atoms with Gasteiger partial charge in [0, 0.05) is 17.7 Å². The third-order valence-electron chi connectivity index (χ3n) is 5.49. The molecule has 3 rings (SSSR count). The van der Waals surface area contributed by atoms with E-state index in [9.17, 15) is 19.8 Å². The van der Waals surface area contributed by atoms with Gasteiger partial charge in [0.1, 0.15) is 17.9 Å². The zero-order valence-electron chi connectivity index (χ0n) is 15.3. The van der Waals surface area contributed by atoms with Gasteiger partial charge in [0.05, 0.1) is 12.0 Å². The number of carbonyl (C=O) groups is 2. The van der Waals surface area contributed by atoms with Crippen molar-refractivity contribution in [1.82, 2.24) is 0 Å². The van der Waals surface area contributed by atoms with Crippen LogP contribution >= 0.6 is 0 Å². The lowest BCUT2D eigenvalue weighted by Gasteiger charge is -2.18. The molecule has 0 amide bonds. The fraction of sp³-hybridized carbons (Fsp3) is 0.500. The Morgan fingerprint density at radius 2 is 2.08 bits per heavy atom. The number of carboxylic acid groups (broad SMARTS) is 1. The van der Waals surface area contributed by atoms with Gasteiger partial charge in [-0.1, -0.05) is 13.0 Å². The van der Waals surface area contributed by atoms with Gasteiger partial charge < -0.3 is 19.7 Å². The number of carbonyl (C=O) groups excluding carboxylic acids is 1. The number of hydrogen-bond acceptors (Lipinski definition) is 5. The summed E-state index contributed by atoms with van der Waals surface area (Å²) in [4.78, 5) is 23.3. The number of fused-ring (bicyclic) bond motifs is 1. The molecule has 0 bridgehead atoms. The average molecular weight is 360 g/mol. The summed E-state index contributed by atoms with van der Waals surface area (Å²) in [5, 5.41) is 20.0. The molecule has 6 heteroatoms. The van der Waals surface area contributed by atoms with E-state index in [1.807, 2.05) is 26.8 Å². The molecule has 26 heavy (non-hydrogen) atoms. The largest absolute Gasteiger partial charge is 0.507 e. The zero-order valence-corrected chi connectivity index (χ0v) is 15.3. The number of phenols is 1. The number of allylic oxidation sites excluding steroid dienone is 1. The molecule has 140 valence electrons. The van der Waals surface area contributed by atoms with E-state index in [-0.39, 0.29) is 17.9 Å². The van der Waals surface area contributed by atoms with Crippen molar-refractivity contribution in [3.63, 3.8) is 0 Å². The summed E-state index contributed by atoms with van der Waals surface area (Å²) in [5.41, 5.74) is 4.54. The van der Waals surface area contributed by atoms with Gasteiger partial charge >= 0.3 is 11.9 Å². The summed E-state index contributed by atoms with van der Waals surface area (Å²) in [6.07, 6.45) is 3.09. The van der Waals surface area contributed by atoms with Crippen molar-refractivity contribution in [3.8, 4) is 5.75 Å². The molecular formula is C20H24O6. The van der Waals surface area contributed by atoms with Crippen molar-refractivity contribution in [2.24, 2.45) is 5.92 Å². The molecule has 2 aliphatic heterocycles. The zero-order chi connectivity index (χ0) is 19.0. The maximum atomic E-state index is 12.0. The third kappa shape index (κ3) is 2.98. The SMILES string of the molecule is CCc1c(C)c2c(c(O)c1C/C=C(\C)C1OCCC1C(=O)O)C(=O)OC2. The van der Waals surface area contributed by atoms with Crippen LogP contribution in [0, 0.1) is 12.8 Å². The van der Waals surface area contributed by atoms with Crippen LogP contribution in [0.3, 0.4) is 0 Å². The minimum atomic E-state index is -0.853. The minimum absolute atomic E-state index is 0.0175. The Hall–Kier alpha value is -2.34. The maximum absolute atomic E-state index is 12.0. The summed E-state index contributed by atoms with van der Waals surface area (Å²) in [5.74, 6) is -1.90. The van der Waals surface area contributed by atoms with Gasteiger partial charge in [0.15, 0.2) is 0 Å². The van der Waals surface area contributed by atoms with Crippen LogP contribution in [0.25, 0.3) is 0 Å². The van der Waals surface area contributed by atoms with Gasteiger partial charge in [-0.3, -0.25) is 4.79 Å². The molecule has 1 aromatic rings. The molecule has 6 nitrogen and oxygen atoms in total. The first-order chi connectivity index (χ1) is 12.4. The molecule has 0 aromatic heterocycles. The monoisotopic (exact) mass is 360 g/mol. The number of benzene rings is 1. The molecule has 0 spiro atoms. The van der Waals surface area contributed by atoms with E-state index in [0.29, 0.717) is 25.0 Å². The number of aromatic hydroxyl groups is 1. The fourth-order valence-corrected chi connectivity index (χ4v) is 4.01. The van der Waals surface area contributed by atoms with Crippen LogP contribution in [0.1, 0.15) is 52.9 Å². The molecule has 1 fully saturated rings. The van der Waals surface area contributed by atoms with E-state index >= 15 is 0 Å². The number of hydrogen-bond donors (Lipinski definition) is 2. The van der Waals surface area contributed by atoms with Crippen LogP contribution in [0.2, 0.25) is 0 Å². The highest BCUT2D eigenvalue weighted by atomic mass is 16.5.